The molecule has 8 heteroatoms. The number of hydrogen-bond acceptors (Lipinski definition) is 4. The summed E-state index contributed by atoms with van der Waals surface area (Å²) in [7, 11) is 0. The summed E-state index contributed by atoms with van der Waals surface area (Å²) < 4.78 is 53.4. The van der Waals surface area contributed by atoms with E-state index in [1.165, 1.54) is 18.3 Å². The number of aromatic nitrogens is 3. The van der Waals surface area contributed by atoms with Gasteiger partial charge in [0.25, 0.3) is 0 Å². The first kappa shape index (κ1) is 17.4. The molecule has 2 aromatic heterocycles. The summed E-state index contributed by atoms with van der Waals surface area (Å²) in [6.07, 6.45) is -2.60. The van der Waals surface area contributed by atoms with Crippen molar-refractivity contribution in [1.29, 1.82) is 0 Å². The van der Waals surface area contributed by atoms with E-state index in [1.807, 2.05) is 0 Å². The molecule has 3 aromatic rings. The quantitative estimate of drug-likeness (QED) is 0.629. The van der Waals surface area contributed by atoms with E-state index in [2.05, 4.69) is 15.0 Å². The number of anilines is 1. The average molecular weight is 374 g/mol. The molecule has 4 nitrogen and oxygen atoms in total. The van der Waals surface area contributed by atoms with Crippen molar-refractivity contribution in [1.82, 2.24) is 15.0 Å². The minimum atomic E-state index is -4.60. The third-order valence-electron chi connectivity index (χ3n) is 4.40. The van der Waals surface area contributed by atoms with Gasteiger partial charge in [-0.15, -0.1) is 0 Å². The molecule has 138 valence electrons. The summed E-state index contributed by atoms with van der Waals surface area (Å²) in [5.74, 6) is -0.223. The summed E-state index contributed by atoms with van der Waals surface area (Å²) in [6.45, 7) is 0.790. The smallest absolute Gasteiger partial charge is 0.352 e. The van der Waals surface area contributed by atoms with Gasteiger partial charge in [-0.1, -0.05) is 12.1 Å². The summed E-state index contributed by atoms with van der Waals surface area (Å²) >= 11 is 0. The number of benzene rings is 1. The monoisotopic (exact) mass is 374 g/mol. The van der Waals surface area contributed by atoms with Gasteiger partial charge in [0.15, 0.2) is 11.5 Å². The van der Waals surface area contributed by atoms with Gasteiger partial charge in [0.2, 0.25) is 0 Å². The topological polar surface area (TPSA) is 41.9 Å². The Kier molecular flexibility index (Phi) is 4.25. The van der Waals surface area contributed by atoms with Crippen molar-refractivity contribution in [3.63, 3.8) is 0 Å². The second-order valence-corrected chi connectivity index (χ2v) is 6.23. The van der Waals surface area contributed by atoms with E-state index in [9.17, 15) is 17.6 Å². The largest absolute Gasteiger partial charge is 0.433 e. The van der Waals surface area contributed by atoms with Crippen LogP contribution < -0.4 is 4.90 Å². The zero-order chi connectivity index (χ0) is 19.0. The van der Waals surface area contributed by atoms with E-state index in [4.69, 9.17) is 0 Å². The number of alkyl halides is 3. The fourth-order valence-corrected chi connectivity index (χ4v) is 3.07. The number of fused-ring (bicyclic) bond motifs is 1. The summed E-state index contributed by atoms with van der Waals surface area (Å²) in [5.41, 5.74) is 0.984. The molecule has 0 aliphatic carbocycles. The van der Waals surface area contributed by atoms with Crippen molar-refractivity contribution in [2.75, 3.05) is 11.4 Å². The fourth-order valence-electron chi connectivity index (χ4n) is 3.07. The number of rotatable bonds is 2. The van der Waals surface area contributed by atoms with E-state index in [1.54, 1.807) is 29.2 Å². The molecule has 0 unspecified atom stereocenters. The summed E-state index contributed by atoms with van der Waals surface area (Å²) in [4.78, 5) is 13.8. The first-order valence-corrected chi connectivity index (χ1v) is 8.30. The second kappa shape index (κ2) is 6.61. The molecule has 0 saturated carbocycles. The molecule has 0 fully saturated rings. The maximum Gasteiger partial charge on any atom is 0.433 e. The number of halogens is 4. The lowest BCUT2D eigenvalue weighted by molar-refractivity contribution is -0.141. The van der Waals surface area contributed by atoms with Gasteiger partial charge in [-0.3, -0.25) is 4.98 Å². The molecule has 1 aliphatic heterocycles. The molecule has 1 aromatic carbocycles. The highest BCUT2D eigenvalue weighted by molar-refractivity contribution is 5.55. The molecule has 4 rings (SSSR count). The van der Waals surface area contributed by atoms with Crippen LogP contribution in [0.1, 0.15) is 16.8 Å². The van der Waals surface area contributed by atoms with Crippen LogP contribution in [0.25, 0.3) is 11.5 Å². The molecule has 0 radical (unpaired) electrons. The number of nitrogens with zero attached hydrogens (tertiary/aromatic N) is 4. The molecule has 0 amide bonds. The van der Waals surface area contributed by atoms with Crippen LogP contribution in [0, 0.1) is 5.82 Å². The average Bonchev–Trinajstić information content (AvgIpc) is 2.67. The van der Waals surface area contributed by atoms with Crippen LogP contribution in [0.15, 0.2) is 48.7 Å². The van der Waals surface area contributed by atoms with Crippen molar-refractivity contribution >= 4 is 5.82 Å². The fraction of sp³-hybridized carbons (Fsp3) is 0.211. The minimum Gasteiger partial charge on any atom is -0.352 e. The Balaban J connectivity index is 1.75. The molecule has 0 N–H and O–H groups in total. The van der Waals surface area contributed by atoms with E-state index in [0.717, 1.165) is 17.2 Å². The van der Waals surface area contributed by atoms with Crippen molar-refractivity contribution in [2.24, 2.45) is 0 Å². The summed E-state index contributed by atoms with van der Waals surface area (Å²) in [6, 6.07) is 10.3. The van der Waals surface area contributed by atoms with Gasteiger partial charge >= 0.3 is 6.18 Å². The Labute approximate surface area is 152 Å². The van der Waals surface area contributed by atoms with Gasteiger partial charge in [-0.25, -0.2) is 14.4 Å². The molecule has 1 aliphatic rings. The molecule has 0 saturated heterocycles. The lowest BCUT2D eigenvalue weighted by Gasteiger charge is -2.30. The first-order valence-electron chi connectivity index (χ1n) is 8.30. The lowest BCUT2D eigenvalue weighted by Crippen LogP contribution is -2.31. The maximum absolute atomic E-state index is 13.4. The van der Waals surface area contributed by atoms with Crippen LogP contribution in [-0.2, 0) is 19.1 Å². The van der Waals surface area contributed by atoms with Gasteiger partial charge in [-0.2, -0.15) is 13.2 Å². The van der Waals surface area contributed by atoms with E-state index in [-0.39, 0.29) is 23.2 Å². The highest BCUT2D eigenvalue weighted by Gasteiger charge is 2.34. The van der Waals surface area contributed by atoms with Crippen LogP contribution in [-0.4, -0.2) is 21.5 Å². The van der Waals surface area contributed by atoms with Crippen LogP contribution >= 0.6 is 0 Å². The Morgan fingerprint density at radius 3 is 2.56 bits per heavy atom. The normalized spacial score (nSPS) is 14.1. The third kappa shape index (κ3) is 3.60. The molecule has 3 heterocycles. The molecule has 0 bridgehead atoms. The van der Waals surface area contributed by atoms with Crippen LogP contribution in [0.3, 0.4) is 0 Å². The third-order valence-corrected chi connectivity index (χ3v) is 4.40. The molecule has 0 atom stereocenters. The highest BCUT2D eigenvalue weighted by atomic mass is 19.4. The predicted molar refractivity (Wildman–Crippen MR) is 91.4 cm³/mol. The molecular formula is C19H14F4N4. The van der Waals surface area contributed by atoms with Gasteiger partial charge in [0.05, 0.1) is 0 Å². The first-order chi connectivity index (χ1) is 12.9. The van der Waals surface area contributed by atoms with E-state index >= 15 is 0 Å². The Hall–Kier alpha value is -3.03. The predicted octanol–water partition coefficient (Wildman–Crippen LogP) is 4.26. The Morgan fingerprint density at radius 1 is 0.963 bits per heavy atom. The Bertz CT molecular complexity index is 973. The van der Waals surface area contributed by atoms with Gasteiger partial charge in [0.1, 0.15) is 17.3 Å². The van der Waals surface area contributed by atoms with Crippen LogP contribution in [0.5, 0.6) is 0 Å². The number of pyridine rings is 1. The van der Waals surface area contributed by atoms with Gasteiger partial charge in [0, 0.05) is 25.4 Å². The summed E-state index contributed by atoms with van der Waals surface area (Å²) in [5, 5.41) is 0. The standard InChI is InChI=1S/C19H14F4N4/c20-14-5-4-13-11-27(8-6-12(13)9-14)17-10-16(19(21,22)23)25-18(26-17)15-3-1-2-7-24-15/h1-5,7,9-10H,6,8,11H2. The second-order valence-electron chi connectivity index (χ2n) is 6.23. The molecule has 27 heavy (non-hydrogen) atoms. The van der Waals surface area contributed by atoms with Crippen molar-refractivity contribution in [2.45, 2.75) is 19.1 Å². The highest BCUT2D eigenvalue weighted by Crippen LogP contribution is 2.32. The zero-order valence-electron chi connectivity index (χ0n) is 14.0. The zero-order valence-corrected chi connectivity index (χ0v) is 14.0. The van der Waals surface area contributed by atoms with Gasteiger partial charge in [-0.05, 0) is 41.8 Å². The van der Waals surface area contributed by atoms with Gasteiger partial charge < -0.3 is 4.90 Å². The van der Waals surface area contributed by atoms with E-state index < -0.39 is 11.9 Å². The maximum atomic E-state index is 13.4. The molecular weight excluding hydrogens is 360 g/mol. The SMILES string of the molecule is Fc1ccc2c(c1)CCN(c1cc(C(F)(F)F)nc(-c3ccccn3)n1)C2. The van der Waals surface area contributed by atoms with Crippen molar-refractivity contribution in [3.8, 4) is 11.5 Å². The Morgan fingerprint density at radius 2 is 1.81 bits per heavy atom. The molecule has 0 spiro atoms. The number of hydrogen-bond donors (Lipinski definition) is 0. The lowest BCUT2D eigenvalue weighted by atomic mass is 9.99. The van der Waals surface area contributed by atoms with E-state index in [0.29, 0.717) is 19.5 Å². The van der Waals surface area contributed by atoms with Crippen LogP contribution in [0.2, 0.25) is 0 Å². The van der Waals surface area contributed by atoms with Crippen molar-refractivity contribution < 1.29 is 17.6 Å². The van der Waals surface area contributed by atoms with Crippen LogP contribution in [0.4, 0.5) is 23.4 Å². The van der Waals surface area contributed by atoms with Crippen molar-refractivity contribution in [3.05, 3.63) is 71.3 Å². The minimum absolute atomic E-state index is 0.0784.